The van der Waals surface area contributed by atoms with E-state index >= 15 is 0 Å². The van der Waals surface area contributed by atoms with Crippen LogP contribution in [0.15, 0.2) is 18.2 Å². The molecule has 0 radical (unpaired) electrons. The summed E-state index contributed by atoms with van der Waals surface area (Å²) in [6, 6.07) is 5.25. The average Bonchev–Trinajstić information content (AvgIpc) is 2.66. The number of anilines is 1. The molecule has 2 rings (SSSR count). The molecule has 1 fully saturated rings. The maximum Gasteiger partial charge on any atom is 0.239 e. The molecule has 1 aromatic rings. The van der Waals surface area contributed by atoms with Crippen LogP contribution in [0.2, 0.25) is 0 Å². The van der Waals surface area contributed by atoms with Crippen LogP contribution in [-0.4, -0.2) is 18.5 Å². The third-order valence-electron chi connectivity index (χ3n) is 3.78. The van der Waals surface area contributed by atoms with E-state index in [1.165, 1.54) is 31.7 Å². The summed E-state index contributed by atoms with van der Waals surface area (Å²) in [6.07, 6.45) is 7.02. The van der Waals surface area contributed by atoms with Gasteiger partial charge in [0.05, 0.1) is 12.2 Å². The lowest BCUT2D eigenvalue weighted by atomic mass is 10.1. The highest BCUT2D eigenvalue weighted by Gasteiger charge is 2.14. The fourth-order valence-corrected chi connectivity index (χ4v) is 2.64. The molecule has 1 aliphatic rings. The third kappa shape index (κ3) is 4.51. The van der Waals surface area contributed by atoms with Crippen molar-refractivity contribution < 1.29 is 9.18 Å². The zero-order valence-corrected chi connectivity index (χ0v) is 12.0. The van der Waals surface area contributed by atoms with E-state index in [-0.39, 0.29) is 24.3 Å². The van der Waals surface area contributed by atoms with Crippen LogP contribution in [0.4, 0.5) is 10.1 Å². The molecule has 1 saturated carbocycles. The highest BCUT2D eigenvalue weighted by molar-refractivity contribution is 5.81. The van der Waals surface area contributed by atoms with Crippen LogP contribution >= 0.6 is 0 Å². The number of amides is 1. The molecule has 0 unspecified atom stereocenters. The molecule has 0 bridgehead atoms. The first kappa shape index (κ1) is 14.8. The van der Waals surface area contributed by atoms with Crippen molar-refractivity contribution in [1.29, 1.82) is 0 Å². The van der Waals surface area contributed by atoms with Crippen LogP contribution in [0, 0.1) is 12.7 Å². The van der Waals surface area contributed by atoms with Crippen LogP contribution < -0.4 is 10.6 Å². The molecule has 0 saturated heterocycles. The standard InChI is InChI=1S/C16H23FN2O/c1-12-8-9-15(14(17)10-12)18-11-16(20)19-13-6-4-2-3-5-7-13/h8-10,13,18H,2-7,11H2,1H3,(H,19,20). The molecule has 0 aliphatic heterocycles. The fraction of sp³-hybridized carbons (Fsp3) is 0.562. The Morgan fingerprint density at radius 1 is 1.25 bits per heavy atom. The van der Waals surface area contributed by atoms with Crippen molar-refractivity contribution in [3.8, 4) is 0 Å². The van der Waals surface area contributed by atoms with Gasteiger partial charge in [-0.3, -0.25) is 4.79 Å². The van der Waals surface area contributed by atoms with Crippen LogP contribution in [0.25, 0.3) is 0 Å². The molecule has 0 spiro atoms. The number of aryl methyl sites for hydroxylation is 1. The van der Waals surface area contributed by atoms with Crippen LogP contribution in [0.5, 0.6) is 0 Å². The van der Waals surface area contributed by atoms with Gasteiger partial charge in [-0.1, -0.05) is 31.7 Å². The van der Waals surface area contributed by atoms with E-state index in [4.69, 9.17) is 0 Å². The Morgan fingerprint density at radius 3 is 2.60 bits per heavy atom. The molecule has 1 amide bonds. The van der Waals surface area contributed by atoms with Crippen molar-refractivity contribution in [3.05, 3.63) is 29.6 Å². The van der Waals surface area contributed by atoms with Crippen molar-refractivity contribution in [2.45, 2.75) is 51.5 Å². The predicted molar refractivity (Wildman–Crippen MR) is 79.3 cm³/mol. The Bertz CT molecular complexity index is 454. The molecule has 1 aliphatic carbocycles. The Morgan fingerprint density at radius 2 is 1.95 bits per heavy atom. The van der Waals surface area contributed by atoms with Gasteiger partial charge in [0, 0.05) is 6.04 Å². The molecule has 4 heteroatoms. The maximum atomic E-state index is 13.6. The number of hydrogen-bond donors (Lipinski definition) is 2. The average molecular weight is 278 g/mol. The predicted octanol–water partition coefficient (Wildman–Crippen LogP) is 3.39. The first-order valence-corrected chi connectivity index (χ1v) is 7.44. The van der Waals surface area contributed by atoms with E-state index < -0.39 is 0 Å². The Labute approximate surface area is 120 Å². The van der Waals surface area contributed by atoms with Gasteiger partial charge in [-0.05, 0) is 37.5 Å². The molecule has 1 aromatic carbocycles. The van der Waals surface area contributed by atoms with Gasteiger partial charge in [-0.25, -0.2) is 4.39 Å². The Kier molecular flexibility index (Phi) is 5.39. The molecule has 0 aromatic heterocycles. The van der Waals surface area contributed by atoms with E-state index in [2.05, 4.69) is 10.6 Å². The van der Waals surface area contributed by atoms with Crippen molar-refractivity contribution in [1.82, 2.24) is 5.32 Å². The zero-order valence-electron chi connectivity index (χ0n) is 12.0. The molecule has 110 valence electrons. The molecule has 2 N–H and O–H groups in total. The van der Waals surface area contributed by atoms with Gasteiger partial charge < -0.3 is 10.6 Å². The van der Waals surface area contributed by atoms with E-state index in [9.17, 15) is 9.18 Å². The summed E-state index contributed by atoms with van der Waals surface area (Å²) in [5, 5.41) is 5.89. The smallest absolute Gasteiger partial charge is 0.239 e. The fourth-order valence-electron chi connectivity index (χ4n) is 2.64. The highest BCUT2D eigenvalue weighted by Crippen LogP contribution is 2.17. The summed E-state index contributed by atoms with van der Waals surface area (Å²) in [7, 11) is 0. The summed E-state index contributed by atoms with van der Waals surface area (Å²) in [4.78, 5) is 11.9. The third-order valence-corrected chi connectivity index (χ3v) is 3.78. The van der Waals surface area contributed by atoms with Gasteiger partial charge in [0.1, 0.15) is 5.82 Å². The van der Waals surface area contributed by atoms with Crippen LogP contribution in [0.3, 0.4) is 0 Å². The maximum absolute atomic E-state index is 13.6. The highest BCUT2D eigenvalue weighted by atomic mass is 19.1. The lowest BCUT2D eigenvalue weighted by Crippen LogP contribution is -2.38. The quantitative estimate of drug-likeness (QED) is 0.829. The summed E-state index contributed by atoms with van der Waals surface area (Å²) < 4.78 is 13.6. The van der Waals surface area contributed by atoms with E-state index in [0.717, 1.165) is 18.4 Å². The molecular weight excluding hydrogens is 255 g/mol. The number of hydrogen-bond acceptors (Lipinski definition) is 2. The monoisotopic (exact) mass is 278 g/mol. The minimum Gasteiger partial charge on any atom is -0.374 e. The van der Waals surface area contributed by atoms with E-state index in [1.807, 2.05) is 13.0 Å². The largest absolute Gasteiger partial charge is 0.374 e. The summed E-state index contributed by atoms with van der Waals surface area (Å²) in [5.74, 6) is -0.371. The molecule has 0 heterocycles. The molecule has 3 nitrogen and oxygen atoms in total. The Balaban J connectivity index is 1.79. The van der Waals surface area contributed by atoms with Crippen molar-refractivity contribution >= 4 is 11.6 Å². The number of halogens is 1. The zero-order chi connectivity index (χ0) is 14.4. The molecular formula is C16H23FN2O. The summed E-state index contributed by atoms with van der Waals surface area (Å²) in [6.45, 7) is 1.96. The second-order valence-electron chi connectivity index (χ2n) is 5.59. The minimum atomic E-state index is -0.313. The summed E-state index contributed by atoms with van der Waals surface area (Å²) >= 11 is 0. The van der Waals surface area contributed by atoms with Gasteiger partial charge >= 0.3 is 0 Å². The number of carbonyl (C=O) groups is 1. The van der Waals surface area contributed by atoms with Crippen molar-refractivity contribution in [3.63, 3.8) is 0 Å². The second-order valence-corrected chi connectivity index (χ2v) is 5.59. The second kappa shape index (κ2) is 7.27. The topological polar surface area (TPSA) is 41.1 Å². The molecule has 0 atom stereocenters. The molecule has 20 heavy (non-hydrogen) atoms. The van der Waals surface area contributed by atoms with Gasteiger partial charge in [-0.2, -0.15) is 0 Å². The lowest BCUT2D eigenvalue weighted by Gasteiger charge is -2.16. The van der Waals surface area contributed by atoms with Gasteiger partial charge in [0.2, 0.25) is 5.91 Å². The van der Waals surface area contributed by atoms with E-state index in [1.54, 1.807) is 6.07 Å². The van der Waals surface area contributed by atoms with Crippen molar-refractivity contribution in [2.24, 2.45) is 0 Å². The Hall–Kier alpha value is -1.58. The van der Waals surface area contributed by atoms with Crippen molar-refractivity contribution in [2.75, 3.05) is 11.9 Å². The first-order valence-electron chi connectivity index (χ1n) is 7.44. The first-order chi connectivity index (χ1) is 9.65. The number of rotatable bonds is 4. The van der Waals surface area contributed by atoms with Crippen LogP contribution in [0.1, 0.15) is 44.1 Å². The minimum absolute atomic E-state index is 0.0584. The van der Waals surface area contributed by atoms with Gasteiger partial charge in [-0.15, -0.1) is 0 Å². The number of carbonyl (C=O) groups excluding carboxylic acids is 1. The summed E-state index contributed by atoms with van der Waals surface area (Å²) in [5.41, 5.74) is 1.25. The van der Waals surface area contributed by atoms with E-state index in [0.29, 0.717) is 5.69 Å². The van der Waals surface area contributed by atoms with Crippen LogP contribution in [-0.2, 0) is 4.79 Å². The number of nitrogens with one attached hydrogen (secondary N) is 2. The van der Waals surface area contributed by atoms with Gasteiger partial charge in [0.25, 0.3) is 0 Å². The normalized spacial score (nSPS) is 16.5. The SMILES string of the molecule is Cc1ccc(NCC(=O)NC2CCCCCC2)c(F)c1. The van der Waals surface area contributed by atoms with Gasteiger partial charge in [0.15, 0.2) is 0 Å². The number of benzene rings is 1. The lowest BCUT2D eigenvalue weighted by molar-refractivity contribution is -0.120.